The first-order valence-electron chi connectivity index (χ1n) is 10.8. The van der Waals surface area contributed by atoms with Crippen molar-refractivity contribution in [2.24, 2.45) is 0 Å². The Morgan fingerprint density at radius 2 is 2.00 bits per heavy atom. The lowest BCUT2D eigenvalue weighted by Crippen LogP contribution is -2.16. The van der Waals surface area contributed by atoms with Gasteiger partial charge in [-0.05, 0) is 56.9 Å². The summed E-state index contributed by atoms with van der Waals surface area (Å²) < 4.78 is 25.2. The summed E-state index contributed by atoms with van der Waals surface area (Å²) in [6.07, 6.45) is 2.37. The van der Waals surface area contributed by atoms with Gasteiger partial charge in [-0.1, -0.05) is 11.6 Å². The van der Waals surface area contributed by atoms with Crippen LogP contribution in [0.2, 0.25) is 5.02 Å². The van der Waals surface area contributed by atoms with Crippen molar-refractivity contribution in [3.8, 4) is 17.1 Å². The van der Waals surface area contributed by atoms with Crippen LogP contribution < -0.4 is 10.1 Å². The molecule has 0 spiro atoms. The molecular formula is C24H24ClFN6O3. The number of carbonyl (C=O) groups excluding carboxylic acids is 1. The monoisotopic (exact) mass is 498 g/mol. The van der Waals surface area contributed by atoms with Gasteiger partial charge >= 0.3 is 5.97 Å². The van der Waals surface area contributed by atoms with E-state index in [9.17, 15) is 9.18 Å². The number of benzene rings is 1. The minimum absolute atomic E-state index is 0.210. The van der Waals surface area contributed by atoms with Gasteiger partial charge in [-0.2, -0.15) is 0 Å². The predicted molar refractivity (Wildman–Crippen MR) is 132 cm³/mol. The second-order valence-electron chi connectivity index (χ2n) is 8.00. The van der Waals surface area contributed by atoms with Crippen molar-refractivity contribution in [3.63, 3.8) is 0 Å². The van der Waals surface area contributed by atoms with Crippen molar-refractivity contribution in [2.75, 3.05) is 39.7 Å². The summed E-state index contributed by atoms with van der Waals surface area (Å²) >= 11 is 6.08. The van der Waals surface area contributed by atoms with Crippen molar-refractivity contribution < 1.29 is 18.7 Å². The van der Waals surface area contributed by atoms with E-state index >= 15 is 0 Å². The van der Waals surface area contributed by atoms with Crippen molar-refractivity contribution in [1.29, 1.82) is 0 Å². The van der Waals surface area contributed by atoms with Gasteiger partial charge in [-0.25, -0.2) is 14.2 Å². The Bertz CT molecular complexity index is 1360. The van der Waals surface area contributed by atoms with Crippen LogP contribution in [0.5, 0.6) is 5.88 Å². The summed E-state index contributed by atoms with van der Waals surface area (Å²) in [5, 5.41) is 12.7. The highest BCUT2D eigenvalue weighted by Crippen LogP contribution is 2.33. The van der Waals surface area contributed by atoms with E-state index in [-0.39, 0.29) is 22.8 Å². The molecule has 0 aliphatic rings. The molecule has 1 aromatic carbocycles. The molecule has 0 saturated carbocycles. The SMILES string of the molecule is COC(=O)c1cc2c(Nc3cc(-c4cc(Cl)ccc4F)nnc3OCCCN(C)C)ccnc2[nH]1. The van der Waals surface area contributed by atoms with Gasteiger partial charge in [0.05, 0.1) is 25.1 Å². The van der Waals surface area contributed by atoms with E-state index in [4.69, 9.17) is 21.1 Å². The summed E-state index contributed by atoms with van der Waals surface area (Å²) in [7, 11) is 5.27. The van der Waals surface area contributed by atoms with E-state index in [1.165, 1.54) is 25.3 Å². The molecule has 0 atom stereocenters. The Morgan fingerprint density at radius 1 is 1.17 bits per heavy atom. The molecule has 0 fully saturated rings. The molecule has 0 saturated heterocycles. The van der Waals surface area contributed by atoms with Crippen LogP contribution in [0.1, 0.15) is 16.9 Å². The van der Waals surface area contributed by atoms with Gasteiger partial charge in [-0.3, -0.25) is 0 Å². The normalized spacial score (nSPS) is 11.1. The lowest BCUT2D eigenvalue weighted by atomic mass is 10.1. The molecule has 0 amide bonds. The summed E-state index contributed by atoms with van der Waals surface area (Å²) in [5.41, 5.74) is 2.34. The number of ether oxygens (including phenoxy) is 2. The molecule has 3 heterocycles. The van der Waals surface area contributed by atoms with Gasteiger partial charge < -0.3 is 24.7 Å². The third-order valence-electron chi connectivity index (χ3n) is 5.16. The van der Waals surface area contributed by atoms with Crippen LogP contribution in [0.4, 0.5) is 15.8 Å². The summed E-state index contributed by atoms with van der Waals surface area (Å²) in [4.78, 5) is 21.2. The molecule has 182 valence electrons. The van der Waals surface area contributed by atoms with Crippen LogP contribution in [0.3, 0.4) is 0 Å². The maximum Gasteiger partial charge on any atom is 0.354 e. The third-order valence-corrected chi connectivity index (χ3v) is 5.39. The minimum Gasteiger partial charge on any atom is -0.475 e. The highest BCUT2D eigenvalue weighted by atomic mass is 35.5. The summed E-state index contributed by atoms with van der Waals surface area (Å²) in [6.45, 7) is 1.25. The van der Waals surface area contributed by atoms with Crippen molar-refractivity contribution in [2.45, 2.75) is 6.42 Å². The van der Waals surface area contributed by atoms with Gasteiger partial charge in [0.1, 0.15) is 22.8 Å². The van der Waals surface area contributed by atoms with E-state index in [1.54, 1.807) is 24.4 Å². The molecule has 0 bridgehead atoms. The topological polar surface area (TPSA) is 105 Å². The van der Waals surface area contributed by atoms with Crippen LogP contribution >= 0.6 is 11.6 Å². The number of hydrogen-bond acceptors (Lipinski definition) is 8. The Balaban J connectivity index is 1.72. The number of anilines is 2. The molecule has 0 unspecified atom stereocenters. The fourth-order valence-corrected chi connectivity index (χ4v) is 3.62. The zero-order valence-corrected chi connectivity index (χ0v) is 20.2. The molecule has 2 N–H and O–H groups in total. The smallest absolute Gasteiger partial charge is 0.354 e. The number of hydrogen-bond donors (Lipinski definition) is 2. The number of nitrogens with zero attached hydrogens (tertiary/aromatic N) is 4. The molecule has 4 aromatic rings. The highest BCUT2D eigenvalue weighted by Gasteiger charge is 2.17. The molecule has 3 aromatic heterocycles. The fraction of sp³-hybridized carbons (Fsp3) is 0.250. The van der Waals surface area contributed by atoms with Crippen molar-refractivity contribution in [3.05, 3.63) is 59.1 Å². The lowest BCUT2D eigenvalue weighted by molar-refractivity contribution is 0.0595. The van der Waals surface area contributed by atoms with Gasteiger partial charge in [0.25, 0.3) is 5.88 Å². The molecule has 11 heteroatoms. The van der Waals surface area contributed by atoms with Gasteiger partial charge in [0.2, 0.25) is 0 Å². The van der Waals surface area contributed by atoms with E-state index < -0.39 is 11.8 Å². The number of halogens is 2. The van der Waals surface area contributed by atoms with Crippen molar-refractivity contribution in [1.82, 2.24) is 25.1 Å². The largest absolute Gasteiger partial charge is 0.475 e. The number of nitrogens with one attached hydrogen (secondary N) is 2. The fourth-order valence-electron chi connectivity index (χ4n) is 3.45. The van der Waals surface area contributed by atoms with E-state index in [0.717, 1.165) is 13.0 Å². The van der Waals surface area contributed by atoms with E-state index in [1.807, 2.05) is 14.1 Å². The minimum atomic E-state index is -0.511. The van der Waals surface area contributed by atoms with Crippen LogP contribution in [0.25, 0.3) is 22.3 Å². The van der Waals surface area contributed by atoms with E-state index in [2.05, 4.69) is 30.4 Å². The standard InChI is InChI=1S/C24H24ClFN6O3/c1-32(2)9-4-10-35-23-20(13-19(30-31-23)15-11-14(25)5-6-17(15)26)28-18-7-8-27-22-16(18)12-21(29-22)24(33)34-3/h5-8,11-13H,4,9-10H2,1-3H3,(H2,27,28,29,30). The maximum atomic E-state index is 14.5. The molecular weight excluding hydrogens is 475 g/mol. The Hall–Kier alpha value is -3.76. The number of esters is 1. The lowest BCUT2D eigenvalue weighted by Gasteiger charge is -2.15. The second-order valence-corrected chi connectivity index (χ2v) is 8.43. The maximum absolute atomic E-state index is 14.5. The first-order chi connectivity index (χ1) is 16.9. The average Bonchev–Trinajstić information content (AvgIpc) is 3.29. The number of pyridine rings is 1. The Labute approximate surface area is 206 Å². The Kier molecular flexibility index (Phi) is 7.42. The molecule has 35 heavy (non-hydrogen) atoms. The zero-order chi connectivity index (χ0) is 24.9. The molecule has 0 aliphatic heterocycles. The quantitative estimate of drug-likeness (QED) is 0.253. The second kappa shape index (κ2) is 10.7. The van der Waals surface area contributed by atoms with Gasteiger partial charge in [0.15, 0.2) is 0 Å². The average molecular weight is 499 g/mol. The molecule has 4 rings (SSSR count). The Morgan fingerprint density at radius 3 is 2.77 bits per heavy atom. The number of fused-ring (bicyclic) bond motifs is 1. The van der Waals surface area contributed by atoms with Crippen LogP contribution in [0.15, 0.2) is 42.6 Å². The van der Waals surface area contributed by atoms with Crippen LogP contribution in [-0.4, -0.2) is 65.4 Å². The highest BCUT2D eigenvalue weighted by molar-refractivity contribution is 6.30. The number of aromatic amines is 1. The summed E-state index contributed by atoms with van der Waals surface area (Å²) in [5.74, 6) is -0.735. The molecule has 0 radical (unpaired) electrons. The number of H-pyrrole nitrogens is 1. The van der Waals surface area contributed by atoms with E-state index in [0.29, 0.717) is 34.0 Å². The number of rotatable bonds is 9. The number of carbonyl (C=O) groups is 1. The number of aromatic nitrogens is 4. The first kappa shape index (κ1) is 24.4. The summed E-state index contributed by atoms with van der Waals surface area (Å²) in [6, 6.07) is 9.25. The van der Waals surface area contributed by atoms with Gasteiger partial charge in [0, 0.05) is 28.7 Å². The molecule has 9 nitrogen and oxygen atoms in total. The van der Waals surface area contributed by atoms with Gasteiger partial charge in [-0.15, -0.1) is 10.2 Å². The third kappa shape index (κ3) is 5.67. The van der Waals surface area contributed by atoms with Crippen molar-refractivity contribution >= 4 is 40.0 Å². The first-order valence-corrected chi connectivity index (χ1v) is 11.2. The number of methoxy groups -OCH3 is 1. The van der Waals surface area contributed by atoms with Crippen LogP contribution in [-0.2, 0) is 4.74 Å². The zero-order valence-electron chi connectivity index (χ0n) is 19.4. The molecule has 0 aliphatic carbocycles. The predicted octanol–water partition coefficient (Wildman–Crippen LogP) is 4.67. The van der Waals surface area contributed by atoms with Crippen LogP contribution in [0, 0.1) is 5.82 Å².